The number of carbonyl (C=O) groups is 1. The number of aromatic nitrogens is 4. The number of rotatable bonds is 4. The standard InChI is InChI=1S/C24H14F2N4O4/c25-15-7-17-11(9-28-29-17)6-12(15)10-30-18-8-16(26)13-3-5-34-22(13)20(18)19(21(30)24(32)33)14-2-1-4-27-23(14)31/h1-9H,10H2,(H,27,31)(H,28,29)(H,32,33)/i3D,5D,9D,10D2. The molecule has 168 valence electrons. The van der Waals surface area contributed by atoms with Gasteiger partial charge in [0.2, 0.25) is 0 Å². The van der Waals surface area contributed by atoms with Crippen molar-refractivity contribution >= 4 is 38.7 Å². The Morgan fingerprint density at radius 3 is 2.94 bits per heavy atom. The molecule has 0 bridgehead atoms. The fraction of sp³-hybridized carbons (Fsp3) is 0.0417. The molecule has 0 radical (unpaired) electrons. The molecule has 4 heterocycles. The van der Waals surface area contributed by atoms with Crippen molar-refractivity contribution in [2.45, 2.75) is 6.50 Å². The van der Waals surface area contributed by atoms with Crippen molar-refractivity contribution in [1.29, 1.82) is 0 Å². The van der Waals surface area contributed by atoms with Crippen molar-refractivity contribution in [2.75, 3.05) is 0 Å². The third-order valence-corrected chi connectivity index (χ3v) is 5.48. The summed E-state index contributed by atoms with van der Waals surface area (Å²) in [5.41, 5.74) is -3.74. The van der Waals surface area contributed by atoms with Gasteiger partial charge in [-0.15, -0.1) is 0 Å². The number of benzene rings is 2. The molecular weight excluding hydrogens is 446 g/mol. The SMILES string of the molecule is [2H]c1oc2c(c(F)cc3c2c(-c2ccc[nH]c2=O)c(C(=O)O)n3C([2H])([2H])c2cc3c([2H])n[nH]c3cc2F)c1[2H]. The molecule has 6 aromatic rings. The van der Waals surface area contributed by atoms with Crippen LogP contribution >= 0.6 is 0 Å². The fourth-order valence-corrected chi connectivity index (χ4v) is 4.04. The van der Waals surface area contributed by atoms with E-state index in [4.69, 9.17) is 11.3 Å². The molecule has 2 aromatic carbocycles. The van der Waals surface area contributed by atoms with Crippen molar-refractivity contribution in [3.05, 3.63) is 88.2 Å². The molecule has 4 aromatic heterocycles. The highest BCUT2D eigenvalue weighted by atomic mass is 19.1. The summed E-state index contributed by atoms with van der Waals surface area (Å²) < 4.78 is 78.3. The second-order valence-corrected chi connectivity index (χ2v) is 7.39. The van der Waals surface area contributed by atoms with Gasteiger partial charge in [0.15, 0.2) is 0 Å². The molecule has 0 unspecified atom stereocenters. The Balaban J connectivity index is 1.85. The first-order valence-corrected chi connectivity index (χ1v) is 9.76. The molecule has 0 amide bonds. The minimum atomic E-state index is -3.05. The van der Waals surface area contributed by atoms with E-state index < -0.39 is 69.7 Å². The number of aromatic amines is 2. The predicted octanol–water partition coefficient (Wildman–Crippen LogP) is 4.64. The fourth-order valence-electron chi connectivity index (χ4n) is 4.04. The van der Waals surface area contributed by atoms with Crippen LogP contribution < -0.4 is 5.56 Å². The van der Waals surface area contributed by atoms with Gasteiger partial charge in [-0.2, -0.15) is 5.10 Å². The third-order valence-electron chi connectivity index (χ3n) is 5.48. The maximum absolute atomic E-state index is 15.4. The van der Waals surface area contributed by atoms with E-state index in [0.29, 0.717) is 4.57 Å². The van der Waals surface area contributed by atoms with E-state index in [1.165, 1.54) is 18.3 Å². The summed E-state index contributed by atoms with van der Waals surface area (Å²) in [4.78, 5) is 28.0. The minimum Gasteiger partial charge on any atom is -0.477 e. The lowest BCUT2D eigenvalue weighted by molar-refractivity contribution is 0.0687. The van der Waals surface area contributed by atoms with Crippen LogP contribution in [0.5, 0.6) is 0 Å². The Kier molecular flexibility index (Phi) is 3.18. The molecule has 0 saturated carbocycles. The highest BCUT2D eigenvalue weighted by Gasteiger charge is 2.29. The predicted molar refractivity (Wildman–Crippen MR) is 120 cm³/mol. The van der Waals surface area contributed by atoms with E-state index in [1.54, 1.807) is 0 Å². The molecule has 0 atom stereocenters. The van der Waals surface area contributed by atoms with Gasteiger partial charge in [-0.25, -0.2) is 13.6 Å². The first-order chi connectivity index (χ1) is 18.4. The average molecular weight is 465 g/mol. The Labute approximate surface area is 195 Å². The number of fused-ring (bicyclic) bond motifs is 4. The zero-order valence-corrected chi connectivity index (χ0v) is 16.8. The summed E-state index contributed by atoms with van der Waals surface area (Å²) in [6.07, 6.45) is 0.227. The van der Waals surface area contributed by atoms with Crippen LogP contribution in [-0.2, 0) is 6.50 Å². The topological polar surface area (TPSA) is 117 Å². The first kappa shape index (κ1) is 15.2. The zero-order chi connectivity index (χ0) is 28.0. The quantitative estimate of drug-likeness (QED) is 0.351. The normalized spacial score (nSPS) is 14.2. The maximum Gasteiger partial charge on any atom is 0.353 e. The van der Waals surface area contributed by atoms with Crippen LogP contribution in [0.4, 0.5) is 8.78 Å². The van der Waals surface area contributed by atoms with Crippen LogP contribution in [0.2, 0.25) is 0 Å². The summed E-state index contributed by atoms with van der Waals surface area (Å²) in [7, 11) is 0. The average Bonchev–Trinajstić information content (AvgIpc) is 3.50. The van der Waals surface area contributed by atoms with Gasteiger partial charge in [0.1, 0.15) is 24.3 Å². The van der Waals surface area contributed by atoms with E-state index >= 15 is 8.78 Å². The Morgan fingerprint density at radius 2 is 2.15 bits per heavy atom. The summed E-state index contributed by atoms with van der Waals surface area (Å²) in [6, 6.07) is 4.65. The van der Waals surface area contributed by atoms with Crippen LogP contribution in [0, 0.1) is 11.6 Å². The monoisotopic (exact) mass is 465 g/mol. The van der Waals surface area contributed by atoms with E-state index in [-0.39, 0.29) is 33.6 Å². The third kappa shape index (κ3) is 2.78. The van der Waals surface area contributed by atoms with Crippen LogP contribution in [0.1, 0.15) is 22.9 Å². The highest BCUT2D eigenvalue weighted by Crippen LogP contribution is 2.40. The van der Waals surface area contributed by atoms with E-state index in [1.807, 2.05) is 0 Å². The van der Waals surface area contributed by atoms with E-state index in [2.05, 4.69) is 15.2 Å². The number of H-pyrrole nitrogens is 2. The molecule has 34 heavy (non-hydrogen) atoms. The smallest absolute Gasteiger partial charge is 0.353 e. The second kappa shape index (κ2) is 7.14. The molecular formula is C24H14F2N4O4. The summed E-state index contributed by atoms with van der Waals surface area (Å²) in [5, 5.41) is 15.7. The molecule has 0 aliphatic heterocycles. The second-order valence-electron chi connectivity index (χ2n) is 7.39. The number of aromatic carboxylic acids is 1. The molecule has 0 fully saturated rings. The highest BCUT2D eigenvalue weighted by molar-refractivity contribution is 6.17. The molecule has 0 spiro atoms. The lowest BCUT2D eigenvalue weighted by atomic mass is 10.0. The van der Waals surface area contributed by atoms with Gasteiger partial charge in [0, 0.05) is 22.7 Å². The van der Waals surface area contributed by atoms with Gasteiger partial charge < -0.3 is 19.1 Å². The zero-order valence-electron chi connectivity index (χ0n) is 21.8. The number of hydrogen-bond acceptors (Lipinski definition) is 4. The lowest BCUT2D eigenvalue weighted by Gasteiger charge is -2.11. The van der Waals surface area contributed by atoms with Crippen LogP contribution in [0.3, 0.4) is 0 Å². The van der Waals surface area contributed by atoms with Gasteiger partial charge in [-0.05, 0) is 36.4 Å². The van der Waals surface area contributed by atoms with Crippen LogP contribution in [0.25, 0.3) is 43.9 Å². The number of nitrogens with one attached hydrogen (secondary N) is 2. The Bertz CT molecular complexity index is 2080. The Hall–Kier alpha value is -4.73. The Morgan fingerprint density at radius 1 is 1.29 bits per heavy atom. The first-order valence-electron chi connectivity index (χ1n) is 12.3. The molecule has 0 aliphatic carbocycles. The van der Waals surface area contributed by atoms with Crippen molar-refractivity contribution < 1.29 is 30.0 Å². The van der Waals surface area contributed by atoms with Gasteiger partial charge in [0.05, 0.1) is 51.8 Å². The number of nitrogens with zero attached hydrogens (tertiary/aromatic N) is 2. The van der Waals surface area contributed by atoms with Crippen molar-refractivity contribution in [3.63, 3.8) is 0 Å². The largest absolute Gasteiger partial charge is 0.477 e. The number of pyridine rings is 1. The number of furan rings is 1. The maximum atomic E-state index is 15.4. The number of carboxylic acid groups (broad SMARTS) is 1. The lowest BCUT2D eigenvalue weighted by Crippen LogP contribution is -2.14. The van der Waals surface area contributed by atoms with Crippen LogP contribution in [0.15, 0.2) is 64.2 Å². The van der Waals surface area contributed by atoms with E-state index in [0.717, 1.165) is 18.2 Å². The van der Waals surface area contributed by atoms with E-state index in [9.17, 15) is 14.7 Å². The molecule has 6 rings (SSSR count). The van der Waals surface area contributed by atoms with Gasteiger partial charge in [-0.1, -0.05) is 0 Å². The summed E-state index contributed by atoms with van der Waals surface area (Å²) in [6.45, 7) is -3.05. The summed E-state index contributed by atoms with van der Waals surface area (Å²) >= 11 is 0. The molecule has 8 nitrogen and oxygen atoms in total. The van der Waals surface area contributed by atoms with Gasteiger partial charge in [-0.3, -0.25) is 9.89 Å². The van der Waals surface area contributed by atoms with Gasteiger partial charge in [0.25, 0.3) is 5.56 Å². The number of halogens is 2. The number of hydrogen-bond donors (Lipinski definition) is 3. The van der Waals surface area contributed by atoms with Crippen molar-refractivity contribution in [1.82, 2.24) is 19.7 Å². The minimum absolute atomic E-state index is 0.0423. The molecule has 3 N–H and O–H groups in total. The molecule has 10 heteroatoms. The van der Waals surface area contributed by atoms with Crippen molar-refractivity contribution in [3.8, 4) is 11.1 Å². The van der Waals surface area contributed by atoms with Crippen LogP contribution in [-0.4, -0.2) is 30.8 Å². The number of carboxylic acids is 1. The van der Waals surface area contributed by atoms with Crippen molar-refractivity contribution in [2.24, 2.45) is 0 Å². The molecule has 0 aliphatic rings. The molecule has 0 saturated heterocycles. The van der Waals surface area contributed by atoms with Gasteiger partial charge >= 0.3 is 5.97 Å². The summed E-state index contributed by atoms with van der Waals surface area (Å²) in [5.74, 6) is -3.98.